The van der Waals surface area contributed by atoms with E-state index in [1.54, 1.807) is 30.2 Å². The number of aliphatic imine (C=N–C) groups is 2. The molecule has 0 amide bonds. The predicted octanol–water partition coefficient (Wildman–Crippen LogP) is 6.58. The lowest BCUT2D eigenvalue weighted by molar-refractivity contribution is 0.302. The molecule has 3 aromatic carbocycles. The molecule has 0 spiro atoms. The van der Waals surface area contributed by atoms with Gasteiger partial charge in [-0.05, 0) is 55.0 Å². The standard InChI is InChI=1S/C30H25N5O2S/c1-35-19-32-29(25-6-4-16-31-30(25)35)34-27-17-23(12-15-28(27)38-24-13-10-22(36)11-14-24)37-18-21-9-8-20-5-2-3-7-26(20)33-21/h2-5,7-17,19,34,36H,6,18H2,1H3. The van der Waals surface area contributed by atoms with E-state index in [1.165, 1.54) is 0 Å². The van der Waals surface area contributed by atoms with E-state index in [1.807, 2.05) is 78.8 Å². The molecule has 1 aromatic heterocycles. The molecule has 0 saturated carbocycles. The zero-order valence-electron chi connectivity index (χ0n) is 20.7. The van der Waals surface area contributed by atoms with Gasteiger partial charge < -0.3 is 20.1 Å². The molecule has 0 radical (unpaired) electrons. The van der Waals surface area contributed by atoms with Crippen molar-refractivity contribution in [3.05, 3.63) is 108 Å². The second kappa shape index (κ2) is 10.4. The third-order valence-electron chi connectivity index (χ3n) is 6.19. The summed E-state index contributed by atoms with van der Waals surface area (Å²) in [6.45, 7) is 0.354. The van der Waals surface area contributed by atoms with E-state index < -0.39 is 0 Å². The Kier molecular flexibility index (Phi) is 6.54. The maximum Gasteiger partial charge on any atom is 0.140 e. The molecule has 2 aliphatic rings. The Hall–Kier alpha value is -4.56. The number of nitrogens with one attached hydrogen (secondary N) is 1. The van der Waals surface area contributed by atoms with Crippen LogP contribution in [0.2, 0.25) is 0 Å². The summed E-state index contributed by atoms with van der Waals surface area (Å²) >= 11 is 1.60. The number of hydrogen-bond acceptors (Lipinski definition) is 8. The summed E-state index contributed by atoms with van der Waals surface area (Å²) in [5.41, 5.74) is 3.71. The molecule has 6 rings (SSSR count). The van der Waals surface area contributed by atoms with E-state index in [9.17, 15) is 5.11 Å². The number of para-hydroxylation sites is 1. The fourth-order valence-corrected chi connectivity index (χ4v) is 5.14. The zero-order valence-corrected chi connectivity index (χ0v) is 21.5. The van der Waals surface area contributed by atoms with Crippen LogP contribution in [0.4, 0.5) is 5.69 Å². The van der Waals surface area contributed by atoms with Crippen molar-refractivity contribution < 1.29 is 9.84 Å². The average molecular weight is 520 g/mol. The van der Waals surface area contributed by atoms with Gasteiger partial charge in [0.05, 0.1) is 23.2 Å². The number of hydrogen-bond donors (Lipinski definition) is 2. The van der Waals surface area contributed by atoms with Gasteiger partial charge in [-0.2, -0.15) is 0 Å². The Morgan fingerprint density at radius 3 is 2.79 bits per heavy atom. The normalized spacial score (nSPS) is 14.4. The zero-order chi connectivity index (χ0) is 25.9. The van der Waals surface area contributed by atoms with E-state index in [2.05, 4.69) is 27.4 Å². The quantitative estimate of drug-likeness (QED) is 0.287. The Balaban J connectivity index is 1.29. The molecule has 0 aliphatic carbocycles. The lowest BCUT2D eigenvalue weighted by atomic mass is 10.1. The molecule has 2 N–H and O–H groups in total. The molecule has 8 heteroatoms. The van der Waals surface area contributed by atoms with Crippen molar-refractivity contribution in [3.8, 4) is 11.5 Å². The van der Waals surface area contributed by atoms with Gasteiger partial charge in [0.15, 0.2) is 0 Å². The molecule has 7 nitrogen and oxygen atoms in total. The number of phenols is 1. The van der Waals surface area contributed by atoms with Gasteiger partial charge in [-0.1, -0.05) is 42.1 Å². The summed E-state index contributed by atoms with van der Waals surface area (Å²) in [4.78, 5) is 17.9. The first-order chi connectivity index (χ1) is 18.6. The number of benzene rings is 3. The Morgan fingerprint density at radius 1 is 1.03 bits per heavy atom. The number of aromatic nitrogens is 1. The van der Waals surface area contributed by atoms with Crippen LogP contribution in [-0.4, -0.2) is 34.2 Å². The van der Waals surface area contributed by atoms with Gasteiger partial charge in [-0.25, -0.2) is 15.0 Å². The second-order valence-corrected chi connectivity index (χ2v) is 10.0. The number of amidine groups is 1. The molecule has 0 bridgehead atoms. The van der Waals surface area contributed by atoms with Crippen LogP contribution in [0.25, 0.3) is 10.9 Å². The molecule has 4 aromatic rings. The van der Waals surface area contributed by atoms with Crippen molar-refractivity contribution in [1.29, 1.82) is 0 Å². The number of nitrogens with zero attached hydrogens (tertiary/aromatic N) is 4. The van der Waals surface area contributed by atoms with Crippen LogP contribution >= 0.6 is 11.8 Å². The number of allylic oxidation sites excluding steroid dienone is 1. The lowest BCUT2D eigenvalue weighted by Gasteiger charge is -2.26. The van der Waals surface area contributed by atoms with Crippen LogP contribution in [0.1, 0.15) is 12.1 Å². The van der Waals surface area contributed by atoms with E-state index in [0.717, 1.165) is 61.5 Å². The number of pyridine rings is 1. The third kappa shape index (κ3) is 5.12. The maximum atomic E-state index is 9.69. The minimum atomic E-state index is 0.239. The minimum Gasteiger partial charge on any atom is -0.508 e. The Labute approximate surface area is 224 Å². The molecule has 0 atom stereocenters. The van der Waals surface area contributed by atoms with Crippen molar-refractivity contribution in [2.75, 3.05) is 12.4 Å². The molecular formula is C30H25N5O2S. The van der Waals surface area contributed by atoms with E-state index >= 15 is 0 Å². The summed E-state index contributed by atoms with van der Waals surface area (Å²) in [5, 5.41) is 14.3. The van der Waals surface area contributed by atoms with Gasteiger partial charge in [0.25, 0.3) is 0 Å². The van der Waals surface area contributed by atoms with Crippen molar-refractivity contribution in [1.82, 2.24) is 9.88 Å². The van der Waals surface area contributed by atoms with E-state index in [-0.39, 0.29) is 5.75 Å². The van der Waals surface area contributed by atoms with E-state index in [4.69, 9.17) is 9.72 Å². The topological polar surface area (TPSA) is 82.3 Å². The molecule has 2 aliphatic heterocycles. The second-order valence-electron chi connectivity index (χ2n) is 8.89. The molecule has 38 heavy (non-hydrogen) atoms. The number of rotatable bonds is 7. The molecule has 0 saturated heterocycles. The summed E-state index contributed by atoms with van der Waals surface area (Å²) in [6, 6.07) is 25.3. The maximum absolute atomic E-state index is 9.69. The van der Waals surface area contributed by atoms with Crippen LogP contribution in [0.3, 0.4) is 0 Å². The van der Waals surface area contributed by atoms with Gasteiger partial charge in [0.2, 0.25) is 0 Å². The first kappa shape index (κ1) is 23.8. The highest BCUT2D eigenvalue weighted by Gasteiger charge is 2.22. The number of likely N-dealkylation sites (N-methyl/N-ethyl adjacent to an activating group) is 1. The fraction of sp³-hybridized carbons (Fsp3) is 0.100. The number of anilines is 1. The lowest BCUT2D eigenvalue weighted by Crippen LogP contribution is -2.32. The largest absolute Gasteiger partial charge is 0.508 e. The van der Waals surface area contributed by atoms with E-state index in [0.29, 0.717) is 6.61 Å². The third-order valence-corrected chi connectivity index (χ3v) is 7.27. The Bertz CT molecular complexity index is 1630. The van der Waals surface area contributed by atoms with Gasteiger partial charge >= 0.3 is 0 Å². The van der Waals surface area contributed by atoms with Crippen LogP contribution < -0.4 is 10.1 Å². The number of fused-ring (bicyclic) bond motifs is 2. The van der Waals surface area contributed by atoms with Gasteiger partial charge in [-0.3, -0.25) is 0 Å². The van der Waals surface area contributed by atoms with Crippen LogP contribution in [0.15, 0.2) is 122 Å². The highest BCUT2D eigenvalue weighted by atomic mass is 32.2. The molecule has 0 unspecified atom stereocenters. The number of ether oxygens (including phenoxy) is 1. The summed E-state index contributed by atoms with van der Waals surface area (Å²) < 4.78 is 6.17. The highest BCUT2D eigenvalue weighted by molar-refractivity contribution is 7.99. The summed E-state index contributed by atoms with van der Waals surface area (Å²) in [7, 11) is 1.94. The first-order valence-electron chi connectivity index (χ1n) is 12.2. The molecule has 0 fully saturated rings. The van der Waals surface area contributed by atoms with Crippen LogP contribution in [-0.2, 0) is 6.61 Å². The van der Waals surface area contributed by atoms with Gasteiger partial charge in [0.1, 0.15) is 29.8 Å². The van der Waals surface area contributed by atoms with Crippen molar-refractivity contribution >= 4 is 40.5 Å². The number of phenolic OH excluding ortho intramolecular Hbond substituents is 1. The molecule has 188 valence electrons. The highest BCUT2D eigenvalue weighted by Crippen LogP contribution is 2.38. The SMILES string of the molecule is CN1C=NC(Nc2cc(OCc3ccc4ccccc4n3)ccc2Sc2ccc(O)cc2)=C2CC=CN=C21. The van der Waals surface area contributed by atoms with Crippen LogP contribution in [0, 0.1) is 0 Å². The summed E-state index contributed by atoms with van der Waals surface area (Å²) in [6.07, 6.45) is 6.36. The van der Waals surface area contributed by atoms with Crippen molar-refractivity contribution in [2.45, 2.75) is 22.8 Å². The molecular weight excluding hydrogens is 494 g/mol. The van der Waals surface area contributed by atoms with Crippen molar-refractivity contribution in [2.24, 2.45) is 9.98 Å². The molecule has 3 heterocycles. The van der Waals surface area contributed by atoms with Crippen molar-refractivity contribution in [3.63, 3.8) is 0 Å². The average Bonchev–Trinajstić information content (AvgIpc) is 2.96. The Morgan fingerprint density at radius 2 is 1.89 bits per heavy atom. The van der Waals surface area contributed by atoms with Crippen LogP contribution in [0.5, 0.6) is 11.5 Å². The first-order valence-corrected chi connectivity index (χ1v) is 13.0. The minimum absolute atomic E-state index is 0.239. The summed E-state index contributed by atoms with van der Waals surface area (Å²) in [5.74, 6) is 2.60. The monoisotopic (exact) mass is 519 g/mol. The van der Waals surface area contributed by atoms with Gasteiger partial charge in [0, 0.05) is 40.1 Å². The number of aromatic hydroxyl groups is 1. The smallest absolute Gasteiger partial charge is 0.140 e. The van der Waals surface area contributed by atoms with Gasteiger partial charge in [-0.15, -0.1) is 0 Å². The fourth-order valence-electron chi connectivity index (χ4n) is 4.25. The predicted molar refractivity (Wildman–Crippen MR) is 153 cm³/mol.